The van der Waals surface area contributed by atoms with Crippen molar-refractivity contribution in [3.63, 3.8) is 0 Å². The van der Waals surface area contributed by atoms with Crippen LogP contribution in [0.3, 0.4) is 0 Å². The van der Waals surface area contributed by atoms with E-state index in [9.17, 15) is 0 Å². The maximum atomic E-state index is 6.37. The molecule has 0 aliphatic heterocycles. The molecule has 2 aromatic carbocycles. The smallest absolute Gasteiger partial charge is 0.120 e. The summed E-state index contributed by atoms with van der Waals surface area (Å²) in [6.07, 6.45) is 10.7. The van der Waals surface area contributed by atoms with Crippen molar-refractivity contribution in [2.45, 2.75) is 65.7 Å². The Morgan fingerprint density at radius 2 is 1.68 bits per heavy atom. The van der Waals surface area contributed by atoms with Crippen molar-refractivity contribution in [2.75, 3.05) is 12.0 Å². The number of unbranched alkanes of at least 4 members (excludes halogenated alkanes) is 6. The van der Waals surface area contributed by atoms with E-state index in [1.165, 1.54) is 49.7 Å². The van der Waals surface area contributed by atoms with Gasteiger partial charge in [-0.3, -0.25) is 5.43 Å². The summed E-state index contributed by atoms with van der Waals surface area (Å²) in [5.41, 5.74) is 7.38. The van der Waals surface area contributed by atoms with Gasteiger partial charge in [-0.25, -0.2) is 0 Å². The third kappa shape index (κ3) is 7.93. The first-order chi connectivity index (χ1) is 13.6. The molecule has 0 saturated carbocycles. The van der Waals surface area contributed by atoms with E-state index in [-0.39, 0.29) is 0 Å². The van der Waals surface area contributed by atoms with Gasteiger partial charge < -0.3 is 4.74 Å². The van der Waals surface area contributed by atoms with Crippen LogP contribution in [0.15, 0.2) is 41.5 Å². The Morgan fingerprint density at radius 3 is 2.39 bits per heavy atom. The van der Waals surface area contributed by atoms with Crippen LogP contribution in [0.1, 0.15) is 68.6 Å². The van der Waals surface area contributed by atoms with E-state index in [1.54, 1.807) is 6.21 Å². The summed E-state index contributed by atoms with van der Waals surface area (Å²) >= 11 is 6.37. The summed E-state index contributed by atoms with van der Waals surface area (Å²) in [4.78, 5) is 0. The second-order valence-corrected chi connectivity index (χ2v) is 7.73. The molecule has 0 amide bonds. The molecule has 0 saturated heterocycles. The predicted molar refractivity (Wildman–Crippen MR) is 122 cm³/mol. The van der Waals surface area contributed by atoms with Crippen molar-refractivity contribution in [3.05, 3.63) is 58.1 Å². The number of benzene rings is 2. The molecule has 0 fully saturated rings. The lowest BCUT2D eigenvalue weighted by molar-refractivity contribution is 0.304. The normalized spacial score (nSPS) is 11.1. The highest BCUT2D eigenvalue weighted by Crippen LogP contribution is 2.22. The molecule has 2 rings (SSSR count). The number of hydrazone groups is 1. The van der Waals surface area contributed by atoms with Crippen molar-refractivity contribution in [3.8, 4) is 5.75 Å². The van der Waals surface area contributed by atoms with Crippen LogP contribution in [0.25, 0.3) is 0 Å². The number of hydrogen-bond donors (Lipinski definition) is 1. The van der Waals surface area contributed by atoms with Gasteiger partial charge in [-0.05, 0) is 61.7 Å². The van der Waals surface area contributed by atoms with Gasteiger partial charge in [-0.1, -0.05) is 63.1 Å². The first-order valence-corrected chi connectivity index (χ1v) is 10.8. The molecule has 0 unspecified atom stereocenters. The molecule has 0 aliphatic rings. The number of hydrogen-bond acceptors (Lipinski definition) is 3. The van der Waals surface area contributed by atoms with E-state index in [1.807, 2.05) is 24.3 Å². The van der Waals surface area contributed by atoms with E-state index < -0.39 is 0 Å². The third-order valence-corrected chi connectivity index (χ3v) is 5.22. The molecule has 0 atom stereocenters. The average molecular weight is 401 g/mol. The van der Waals surface area contributed by atoms with E-state index in [0.29, 0.717) is 5.02 Å². The van der Waals surface area contributed by atoms with Crippen LogP contribution in [-0.4, -0.2) is 12.8 Å². The Balaban J connectivity index is 1.74. The van der Waals surface area contributed by atoms with E-state index in [0.717, 1.165) is 30.0 Å². The fourth-order valence-corrected chi connectivity index (χ4v) is 3.16. The standard InChI is InChI=1S/C24H33ClN2O/c1-4-5-6-7-8-9-10-15-28-23-14-12-21(24(25)17-23)18-26-27-22-13-11-19(2)20(3)16-22/h11-14,16-18,27H,4-10,15H2,1-3H3/b26-18+. The van der Waals surface area contributed by atoms with Crippen LogP contribution in [0.4, 0.5) is 5.69 Å². The summed E-state index contributed by atoms with van der Waals surface area (Å²) in [6.45, 7) is 7.18. The van der Waals surface area contributed by atoms with Gasteiger partial charge in [0.05, 0.1) is 23.5 Å². The van der Waals surface area contributed by atoms with Crippen molar-refractivity contribution in [1.29, 1.82) is 0 Å². The maximum absolute atomic E-state index is 6.37. The molecule has 0 radical (unpaired) electrons. The van der Waals surface area contributed by atoms with Gasteiger partial charge in [-0.2, -0.15) is 5.10 Å². The molecule has 0 aliphatic carbocycles. The third-order valence-electron chi connectivity index (χ3n) is 4.89. The molecular formula is C24H33ClN2O. The highest BCUT2D eigenvalue weighted by atomic mass is 35.5. The molecular weight excluding hydrogens is 368 g/mol. The fourth-order valence-electron chi connectivity index (χ4n) is 2.94. The van der Waals surface area contributed by atoms with Crippen LogP contribution in [-0.2, 0) is 0 Å². The highest BCUT2D eigenvalue weighted by molar-refractivity contribution is 6.33. The molecule has 0 aromatic heterocycles. The molecule has 2 aromatic rings. The minimum atomic E-state index is 0.641. The predicted octanol–water partition coefficient (Wildman–Crippen LogP) is 7.53. The summed E-state index contributed by atoms with van der Waals surface area (Å²) < 4.78 is 5.82. The Bertz CT molecular complexity index is 758. The second-order valence-electron chi connectivity index (χ2n) is 7.32. The Hall–Kier alpha value is -2.00. The number of anilines is 1. The minimum Gasteiger partial charge on any atom is -0.494 e. The second kappa shape index (κ2) is 12.5. The Morgan fingerprint density at radius 1 is 0.929 bits per heavy atom. The number of nitrogens with one attached hydrogen (secondary N) is 1. The maximum Gasteiger partial charge on any atom is 0.120 e. The van der Waals surface area contributed by atoms with E-state index >= 15 is 0 Å². The molecule has 28 heavy (non-hydrogen) atoms. The molecule has 0 bridgehead atoms. The Kier molecular flexibility index (Phi) is 9.92. The van der Waals surface area contributed by atoms with Gasteiger partial charge in [0.1, 0.15) is 5.75 Å². The van der Waals surface area contributed by atoms with Crippen LogP contribution in [0.2, 0.25) is 5.02 Å². The van der Waals surface area contributed by atoms with Crippen molar-refractivity contribution < 1.29 is 4.74 Å². The summed E-state index contributed by atoms with van der Waals surface area (Å²) in [6, 6.07) is 11.9. The van der Waals surface area contributed by atoms with Crippen LogP contribution in [0.5, 0.6) is 5.75 Å². The quantitative estimate of drug-likeness (QED) is 0.227. The van der Waals surface area contributed by atoms with Gasteiger partial charge in [0.15, 0.2) is 0 Å². The fraction of sp³-hybridized carbons (Fsp3) is 0.458. The minimum absolute atomic E-state index is 0.641. The number of halogens is 1. The number of nitrogens with zero attached hydrogens (tertiary/aromatic N) is 1. The molecule has 3 nitrogen and oxygen atoms in total. The lowest BCUT2D eigenvalue weighted by Gasteiger charge is -2.08. The molecule has 0 heterocycles. The zero-order chi connectivity index (χ0) is 20.2. The lowest BCUT2D eigenvalue weighted by atomic mass is 10.1. The van der Waals surface area contributed by atoms with Gasteiger partial charge in [0, 0.05) is 5.56 Å². The molecule has 4 heteroatoms. The van der Waals surface area contributed by atoms with Crippen molar-refractivity contribution >= 4 is 23.5 Å². The van der Waals surface area contributed by atoms with E-state index in [4.69, 9.17) is 16.3 Å². The first-order valence-electron chi connectivity index (χ1n) is 10.4. The van der Waals surface area contributed by atoms with Gasteiger partial charge in [-0.15, -0.1) is 0 Å². The number of aryl methyl sites for hydroxylation is 2. The molecule has 0 spiro atoms. The molecule has 152 valence electrons. The van der Waals surface area contributed by atoms with Gasteiger partial charge in [0.25, 0.3) is 0 Å². The topological polar surface area (TPSA) is 33.6 Å². The van der Waals surface area contributed by atoms with Crippen LogP contribution in [0, 0.1) is 13.8 Å². The summed E-state index contributed by atoms with van der Waals surface area (Å²) in [5.74, 6) is 0.815. The molecule has 1 N–H and O–H groups in total. The summed E-state index contributed by atoms with van der Waals surface area (Å²) in [5, 5.41) is 4.93. The zero-order valence-corrected chi connectivity index (χ0v) is 18.2. The van der Waals surface area contributed by atoms with E-state index in [2.05, 4.69) is 43.4 Å². The largest absolute Gasteiger partial charge is 0.494 e. The van der Waals surface area contributed by atoms with Crippen molar-refractivity contribution in [2.24, 2.45) is 5.10 Å². The van der Waals surface area contributed by atoms with Crippen LogP contribution < -0.4 is 10.2 Å². The SMILES string of the molecule is CCCCCCCCCOc1ccc(/C=N/Nc2ccc(C)c(C)c2)c(Cl)c1. The van der Waals surface area contributed by atoms with Crippen molar-refractivity contribution in [1.82, 2.24) is 0 Å². The zero-order valence-electron chi connectivity index (χ0n) is 17.4. The number of rotatable bonds is 12. The van der Waals surface area contributed by atoms with Gasteiger partial charge in [0.2, 0.25) is 0 Å². The highest BCUT2D eigenvalue weighted by Gasteiger charge is 2.02. The monoisotopic (exact) mass is 400 g/mol. The average Bonchev–Trinajstić information content (AvgIpc) is 2.68. The van der Waals surface area contributed by atoms with Gasteiger partial charge >= 0.3 is 0 Å². The summed E-state index contributed by atoms with van der Waals surface area (Å²) in [7, 11) is 0. The Labute approximate surface area is 175 Å². The first kappa shape index (κ1) is 22.3. The number of ether oxygens (including phenoxy) is 1. The van der Waals surface area contributed by atoms with Crippen LogP contribution >= 0.6 is 11.6 Å². The lowest BCUT2D eigenvalue weighted by Crippen LogP contribution is -1.98.